The van der Waals surface area contributed by atoms with Crippen LogP contribution in [0.25, 0.3) is 0 Å². The molecule has 0 aliphatic carbocycles. The lowest BCUT2D eigenvalue weighted by molar-refractivity contribution is 0.0765. The summed E-state index contributed by atoms with van der Waals surface area (Å²) in [5, 5.41) is 5.81. The van der Waals surface area contributed by atoms with Crippen LogP contribution in [0.15, 0.2) is 11.4 Å². The third-order valence-electron chi connectivity index (χ3n) is 3.35. The fourth-order valence-electron chi connectivity index (χ4n) is 2.27. The standard InChI is InChI=1S/C13H21NOS/c1-3-11(12-5-4-7-15-12)14-9-13-10(2)6-8-16-13/h6,8,11-12,14H,3-5,7,9H2,1-2H3. The second kappa shape index (κ2) is 5.80. The van der Waals surface area contributed by atoms with Gasteiger partial charge < -0.3 is 10.1 Å². The Hall–Kier alpha value is -0.380. The number of hydrogen-bond donors (Lipinski definition) is 1. The second-order valence-electron chi connectivity index (χ2n) is 4.47. The number of nitrogens with one attached hydrogen (secondary N) is 1. The Morgan fingerprint density at radius 2 is 2.50 bits per heavy atom. The van der Waals surface area contributed by atoms with Gasteiger partial charge in [0.15, 0.2) is 0 Å². The van der Waals surface area contributed by atoms with E-state index in [1.807, 2.05) is 11.3 Å². The van der Waals surface area contributed by atoms with Crippen LogP contribution in [-0.4, -0.2) is 18.8 Å². The zero-order valence-corrected chi connectivity index (χ0v) is 11.0. The first-order chi connectivity index (χ1) is 7.81. The van der Waals surface area contributed by atoms with Crippen molar-refractivity contribution < 1.29 is 4.74 Å². The maximum atomic E-state index is 5.75. The molecule has 1 aromatic rings. The highest BCUT2D eigenvalue weighted by Crippen LogP contribution is 2.20. The lowest BCUT2D eigenvalue weighted by Gasteiger charge is -2.22. The summed E-state index contributed by atoms with van der Waals surface area (Å²) < 4.78 is 5.75. The van der Waals surface area contributed by atoms with Gasteiger partial charge in [-0.25, -0.2) is 0 Å². The van der Waals surface area contributed by atoms with Crippen LogP contribution in [0.4, 0.5) is 0 Å². The molecule has 16 heavy (non-hydrogen) atoms. The highest BCUT2D eigenvalue weighted by molar-refractivity contribution is 7.10. The summed E-state index contributed by atoms with van der Waals surface area (Å²) in [4.78, 5) is 1.46. The number of rotatable bonds is 5. The molecule has 1 aromatic heterocycles. The topological polar surface area (TPSA) is 21.3 Å². The van der Waals surface area contributed by atoms with E-state index in [1.165, 1.54) is 23.3 Å². The van der Waals surface area contributed by atoms with E-state index in [0.29, 0.717) is 12.1 Å². The maximum absolute atomic E-state index is 5.75. The van der Waals surface area contributed by atoms with Crippen molar-refractivity contribution in [3.63, 3.8) is 0 Å². The summed E-state index contributed by atoms with van der Waals surface area (Å²) in [6.07, 6.45) is 4.02. The molecule has 2 rings (SSSR count). The quantitative estimate of drug-likeness (QED) is 0.852. The van der Waals surface area contributed by atoms with E-state index in [9.17, 15) is 0 Å². The van der Waals surface area contributed by atoms with Crippen LogP contribution in [0, 0.1) is 6.92 Å². The van der Waals surface area contributed by atoms with E-state index in [4.69, 9.17) is 4.74 Å². The van der Waals surface area contributed by atoms with Crippen LogP contribution >= 0.6 is 11.3 Å². The van der Waals surface area contributed by atoms with Gasteiger partial charge in [-0.15, -0.1) is 11.3 Å². The lowest BCUT2D eigenvalue weighted by Crippen LogP contribution is -2.38. The van der Waals surface area contributed by atoms with Crippen molar-refractivity contribution in [2.45, 2.75) is 51.8 Å². The molecular formula is C13H21NOS. The fraction of sp³-hybridized carbons (Fsp3) is 0.692. The van der Waals surface area contributed by atoms with Gasteiger partial charge in [0.25, 0.3) is 0 Å². The molecule has 0 aromatic carbocycles. The van der Waals surface area contributed by atoms with Gasteiger partial charge in [-0.1, -0.05) is 6.92 Å². The Balaban J connectivity index is 1.85. The third-order valence-corrected chi connectivity index (χ3v) is 4.37. The van der Waals surface area contributed by atoms with E-state index in [0.717, 1.165) is 19.6 Å². The molecule has 0 radical (unpaired) electrons. The van der Waals surface area contributed by atoms with Gasteiger partial charge in [-0.3, -0.25) is 0 Å². The average molecular weight is 239 g/mol. The average Bonchev–Trinajstić information content (AvgIpc) is 2.92. The summed E-state index contributed by atoms with van der Waals surface area (Å²) in [5.74, 6) is 0. The van der Waals surface area contributed by atoms with Crippen molar-refractivity contribution in [2.24, 2.45) is 0 Å². The Bertz CT molecular complexity index is 317. The molecule has 1 aliphatic heterocycles. The van der Waals surface area contributed by atoms with Crippen LogP contribution in [0.3, 0.4) is 0 Å². The van der Waals surface area contributed by atoms with Crippen LogP contribution < -0.4 is 5.32 Å². The minimum absolute atomic E-state index is 0.435. The predicted octanol–water partition coefficient (Wildman–Crippen LogP) is 3.10. The Labute approximate surface area is 102 Å². The van der Waals surface area contributed by atoms with Crippen molar-refractivity contribution >= 4 is 11.3 Å². The van der Waals surface area contributed by atoms with Crippen LogP contribution in [0.2, 0.25) is 0 Å². The van der Waals surface area contributed by atoms with Gasteiger partial charge >= 0.3 is 0 Å². The molecule has 90 valence electrons. The van der Waals surface area contributed by atoms with Crippen molar-refractivity contribution in [2.75, 3.05) is 6.61 Å². The van der Waals surface area contributed by atoms with E-state index in [-0.39, 0.29) is 0 Å². The van der Waals surface area contributed by atoms with Crippen molar-refractivity contribution in [3.05, 3.63) is 21.9 Å². The summed E-state index contributed by atoms with van der Waals surface area (Å²) in [5.41, 5.74) is 1.40. The molecule has 0 spiro atoms. The molecular weight excluding hydrogens is 218 g/mol. The van der Waals surface area contributed by atoms with E-state index >= 15 is 0 Å². The third kappa shape index (κ3) is 2.84. The maximum Gasteiger partial charge on any atom is 0.0728 e. The van der Waals surface area contributed by atoms with Crippen LogP contribution in [-0.2, 0) is 11.3 Å². The van der Waals surface area contributed by atoms with Crippen LogP contribution in [0.5, 0.6) is 0 Å². The first-order valence-electron chi connectivity index (χ1n) is 6.19. The SMILES string of the molecule is CCC(NCc1sccc1C)C1CCCO1. The normalized spacial score (nSPS) is 22.5. The van der Waals surface area contributed by atoms with Gasteiger partial charge in [0.05, 0.1) is 6.10 Å². The Morgan fingerprint density at radius 1 is 1.62 bits per heavy atom. The smallest absolute Gasteiger partial charge is 0.0728 e. The molecule has 1 aliphatic rings. The first-order valence-corrected chi connectivity index (χ1v) is 7.07. The molecule has 3 heteroatoms. The molecule has 1 N–H and O–H groups in total. The monoisotopic (exact) mass is 239 g/mol. The molecule has 0 saturated carbocycles. The number of hydrogen-bond acceptors (Lipinski definition) is 3. The fourth-order valence-corrected chi connectivity index (χ4v) is 3.12. The molecule has 0 amide bonds. The lowest BCUT2D eigenvalue weighted by atomic mass is 10.1. The van der Waals surface area contributed by atoms with Crippen molar-refractivity contribution in [3.8, 4) is 0 Å². The first kappa shape index (κ1) is 12.1. The summed E-state index contributed by atoms with van der Waals surface area (Å²) in [6, 6.07) is 2.71. The number of ether oxygens (including phenoxy) is 1. The van der Waals surface area contributed by atoms with Crippen molar-refractivity contribution in [1.82, 2.24) is 5.32 Å². The van der Waals surface area contributed by atoms with Gasteiger partial charge in [-0.2, -0.15) is 0 Å². The summed E-state index contributed by atoms with van der Waals surface area (Å²) >= 11 is 1.84. The number of thiophene rings is 1. The molecule has 2 heterocycles. The van der Waals surface area contributed by atoms with Crippen molar-refractivity contribution in [1.29, 1.82) is 0 Å². The van der Waals surface area contributed by atoms with Gasteiger partial charge in [0.1, 0.15) is 0 Å². The highest BCUT2D eigenvalue weighted by atomic mass is 32.1. The van der Waals surface area contributed by atoms with Gasteiger partial charge in [0.2, 0.25) is 0 Å². The van der Waals surface area contributed by atoms with Crippen LogP contribution in [0.1, 0.15) is 36.6 Å². The van der Waals surface area contributed by atoms with E-state index in [1.54, 1.807) is 0 Å². The predicted molar refractivity (Wildman–Crippen MR) is 68.9 cm³/mol. The largest absolute Gasteiger partial charge is 0.377 e. The molecule has 1 saturated heterocycles. The van der Waals surface area contributed by atoms with E-state index in [2.05, 4.69) is 30.6 Å². The molecule has 2 atom stereocenters. The zero-order valence-electron chi connectivity index (χ0n) is 10.2. The Morgan fingerprint density at radius 3 is 3.06 bits per heavy atom. The van der Waals surface area contributed by atoms with E-state index < -0.39 is 0 Å². The van der Waals surface area contributed by atoms with Gasteiger partial charge in [-0.05, 0) is 43.2 Å². The highest BCUT2D eigenvalue weighted by Gasteiger charge is 2.24. The minimum atomic E-state index is 0.435. The number of aryl methyl sites for hydroxylation is 1. The van der Waals surface area contributed by atoms with Gasteiger partial charge in [0, 0.05) is 24.1 Å². The minimum Gasteiger partial charge on any atom is -0.377 e. The molecule has 1 fully saturated rings. The molecule has 2 nitrogen and oxygen atoms in total. The zero-order chi connectivity index (χ0) is 11.4. The summed E-state index contributed by atoms with van der Waals surface area (Å²) in [6.45, 7) is 6.35. The molecule has 2 unspecified atom stereocenters. The second-order valence-corrected chi connectivity index (χ2v) is 5.47. The summed E-state index contributed by atoms with van der Waals surface area (Å²) in [7, 11) is 0. The molecule has 0 bridgehead atoms. The Kier molecular flexibility index (Phi) is 4.38.